The first-order chi connectivity index (χ1) is 7.72. The highest BCUT2D eigenvalue weighted by molar-refractivity contribution is 6.30. The number of aromatic nitrogens is 2. The SMILES string of the molecule is CCc1nc(Cl)c(C)c(-c2ccccc2)n1. The second-order valence-electron chi connectivity index (χ2n) is 3.62. The fraction of sp³-hybridized carbons (Fsp3) is 0.231. The lowest BCUT2D eigenvalue weighted by molar-refractivity contribution is 0.934. The molecule has 2 aromatic rings. The lowest BCUT2D eigenvalue weighted by Crippen LogP contribution is -1.99. The quantitative estimate of drug-likeness (QED) is 0.739. The van der Waals surface area contributed by atoms with Gasteiger partial charge >= 0.3 is 0 Å². The third-order valence-corrected chi connectivity index (χ3v) is 2.86. The van der Waals surface area contributed by atoms with Gasteiger partial charge in [-0.2, -0.15) is 0 Å². The molecule has 0 aliphatic heterocycles. The summed E-state index contributed by atoms with van der Waals surface area (Å²) in [6.45, 7) is 3.97. The van der Waals surface area contributed by atoms with E-state index in [2.05, 4.69) is 9.97 Å². The van der Waals surface area contributed by atoms with Gasteiger partial charge in [0.1, 0.15) is 11.0 Å². The molecule has 0 unspecified atom stereocenters. The van der Waals surface area contributed by atoms with Gasteiger partial charge in [-0.1, -0.05) is 48.9 Å². The Bertz CT molecular complexity index is 495. The Morgan fingerprint density at radius 1 is 1.12 bits per heavy atom. The van der Waals surface area contributed by atoms with Gasteiger partial charge in [0.15, 0.2) is 0 Å². The maximum Gasteiger partial charge on any atom is 0.136 e. The zero-order valence-electron chi connectivity index (χ0n) is 9.37. The van der Waals surface area contributed by atoms with E-state index in [-0.39, 0.29) is 0 Å². The molecule has 0 saturated carbocycles. The minimum Gasteiger partial charge on any atom is -0.233 e. The van der Waals surface area contributed by atoms with Crippen LogP contribution in [0, 0.1) is 6.92 Å². The lowest BCUT2D eigenvalue weighted by Gasteiger charge is -2.08. The summed E-state index contributed by atoms with van der Waals surface area (Å²) in [7, 11) is 0. The smallest absolute Gasteiger partial charge is 0.136 e. The molecule has 2 nitrogen and oxygen atoms in total. The lowest BCUT2D eigenvalue weighted by atomic mass is 10.1. The second-order valence-corrected chi connectivity index (χ2v) is 3.98. The Balaban J connectivity index is 2.60. The van der Waals surface area contributed by atoms with Crippen molar-refractivity contribution >= 4 is 11.6 Å². The van der Waals surface area contributed by atoms with Crippen molar-refractivity contribution in [3.8, 4) is 11.3 Å². The van der Waals surface area contributed by atoms with E-state index in [1.807, 2.05) is 44.2 Å². The van der Waals surface area contributed by atoms with E-state index in [0.29, 0.717) is 5.15 Å². The van der Waals surface area contributed by atoms with Crippen LogP contribution < -0.4 is 0 Å². The molecule has 82 valence electrons. The average Bonchev–Trinajstić information content (AvgIpc) is 2.33. The number of aryl methyl sites for hydroxylation is 1. The van der Waals surface area contributed by atoms with Crippen LogP contribution in [0.3, 0.4) is 0 Å². The number of halogens is 1. The summed E-state index contributed by atoms with van der Waals surface area (Å²) in [6, 6.07) is 10.0. The number of nitrogens with zero attached hydrogens (tertiary/aromatic N) is 2. The van der Waals surface area contributed by atoms with E-state index >= 15 is 0 Å². The Labute approximate surface area is 100 Å². The van der Waals surface area contributed by atoms with Crippen LogP contribution in [0.15, 0.2) is 30.3 Å². The fourth-order valence-corrected chi connectivity index (χ4v) is 1.76. The predicted molar refractivity (Wildman–Crippen MR) is 66.6 cm³/mol. The first kappa shape index (κ1) is 11.1. The third-order valence-electron chi connectivity index (χ3n) is 2.50. The first-order valence-corrected chi connectivity index (χ1v) is 5.68. The highest BCUT2D eigenvalue weighted by Gasteiger charge is 2.09. The molecule has 0 bridgehead atoms. The molecule has 16 heavy (non-hydrogen) atoms. The molecule has 0 N–H and O–H groups in total. The molecular weight excluding hydrogens is 220 g/mol. The maximum absolute atomic E-state index is 6.10. The summed E-state index contributed by atoms with van der Waals surface area (Å²) in [5, 5.41) is 0.547. The van der Waals surface area contributed by atoms with Crippen molar-refractivity contribution in [3.05, 3.63) is 46.9 Å². The summed E-state index contributed by atoms with van der Waals surface area (Å²) in [5.41, 5.74) is 2.95. The molecule has 0 saturated heterocycles. The van der Waals surface area contributed by atoms with Crippen molar-refractivity contribution in [2.45, 2.75) is 20.3 Å². The van der Waals surface area contributed by atoms with Crippen LogP contribution in [0.2, 0.25) is 5.15 Å². The van der Waals surface area contributed by atoms with Crippen LogP contribution in [-0.2, 0) is 6.42 Å². The molecule has 1 aromatic carbocycles. The van der Waals surface area contributed by atoms with E-state index in [9.17, 15) is 0 Å². The van der Waals surface area contributed by atoms with Crippen LogP contribution >= 0.6 is 11.6 Å². The minimum atomic E-state index is 0.547. The summed E-state index contributed by atoms with van der Waals surface area (Å²) in [5.74, 6) is 0.787. The Kier molecular flexibility index (Phi) is 3.20. The van der Waals surface area contributed by atoms with E-state index in [1.54, 1.807) is 0 Å². The van der Waals surface area contributed by atoms with Gasteiger partial charge in [-0.05, 0) is 6.92 Å². The summed E-state index contributed by atoms with van der Waals surface area (Å²) < 4.78 is 0. The number of hydrogen-bond donors (Lipinski definition) is 0. The molecule has 1 heterocycles. The summed E-state index contributed by atoms with van der Waals surface area (Å²) in [4.78, 5) is 8.76. The Morgan fingerprint density at radius 3 is 2.44 bits per heavy atom. The monoisotopic (exact) mass is 232 g/mol. The Morgan fingerprint density at radius 2 is 1.81 bits per heavy atom. The van der Waals surface area contributed by atoms with Gasteiger partial charge in [0, 0.05) is 17.5 Å². The van der Waals surface area contributed by atoms with Crippen LogP contribution in [-0.4, -0.2) is 9.97 Å². The molecule has 1 aromatic heterocycles. The zero-order chi connectivity index (χ0) is 11.5. The van der Waals surface area contributed by atoms with Crippen molar-refractivity contribution in [3.63, 3.8) is 0 Å². The highest BCUT2D eigenvalue weighted by atomic mass is 35.5. The van der Waals surface area contributed by atoms with Gasteiger partial charge in [-0.15, -0.1) is 0 Å². The van der Waals surface area contributed by atoms with E-state index in [4.69, 9.17) is 11.6 Å². The van der Waals surface area contributed by atoms with Gasteiger partial charge in [-0.25, -0.2) is 9.97 Å². The van der Waals surface area contributed by atoms with Crippen LogP contribution in [0.1, 0.15) is 18.3 Å². The summed E-state index contributed by atoms with van der Waals surface area (Å²) >= 11 is 6.10. The van der Waals surface area contributed by atoms with Gasteiger partial charge < -0.3 is 0 Å². The average molecular weight is 233 g/mol. The molecule has 0 aliphatic rings. The Hall–Kier alpha value is -1.41. The maximum atomic E-state index is 6.10. The van der Waals surface area contributed by atoms with E-state index in [1.165, 1.54) is 0 Å². The standard InChI is InChI=1S/C13H13ClN2/c1-3-11-15-12(9(2)13(14)16-11)10-7-5-4-6-8-10/h4-8H,3H2,1-2H3. The van der Waals surface area contributed by atoms with Gasteiger partial charge in [-0.3, -0.25) is 0 Å². The van der Waals surface area contributed by atoms with Crippen molar-refractivity contribution in [1.82, 2.24) is 9.97 Å². The molecule has 0 amide bonds. The van der Waals surface area contributed by atoms with E-state index in [0.717, 1.165) is 29.1 Å². The van der Waals surface area contributed by atoms with Crippen molar-refractivity contribution in [1.29, 1.82) is 0 Å². The summed E-state index contributed by atoms with van der Waals surface area (Å²) in [6.07, 6.45) is 0.792. The molecule has 0 fully saturated rings. The third kappa shape index (κ3) is 2.07. The fourth-order valence-electron chi connectivity index (χ4n) is 1.57. The molecule has 0 spiro atoms. The van der Waals surface area contributed by atoms with Crippen molar-refractivity contribution in [2.24, 2.45) is 0 Å². The van der Waals surface area contributed by atoms with Crippen LogP contribution in [0.5, 0.6) is 0 Å². The second kappa shape index (κ2) is 4.62. The topological polar surface area (TPSA) is 25.8 Å². The van der Waals surface area contributed by atoms with Crippen molar-refractivity contribution < 1.29 is 0 Å². The number of rotatable bonds is 2. The highest BCUT2D eigenvalue weighted by Crippen LogP contribution is 2.25. The normalized spacial score (nSPS) is 10.4. The molecule has 3 heteroatoms. The molecular formula is C13H13ClN2. The molecule has 2 rings (SSSR count). The molecule has 0 radical (unpaired) electrons. The van der Waals surface area contributed by atoms with Crippen LogP contribution in [0.4, 0.5) is 0 Å². The molecule has 0 atom stereocenters. The van der Waals surface area contributed by atoms with E-state index < -0.39 is 0 Å². The van der Waals surface area contributed by atoms with Gasteiger partial charge in [0.25, 0.3) is 0 Å². The minimum absolute atomic E-state index is 0.547. The van der Waals surface area contributed by atoms with Gasteiger partial charge in [0.2, 0.25) is 0 Å². The van der Waals surface area contributed by atoms with Crippen molar-refractivity contribution in [2.75, 3.05) is 0 Å². The predicted octanol–water partition coefficient (Wildman–Crippen LogP) is 3.67. The number of hydrogen-bond acceptors (Lipinski definition) is 2. The van der Waals surface area contributed by atoms with Gasteiger partial charge in [0.05, 0.1) is 5.69 Å². The first-order valence-electron chi connectivity index (χ1n) is 5.30. The van der Waals surface area contributed by atoms with Crippen LogP contribution in [0.25, 0.3) is 11.3 Å². The number of benzene rings is 1. The zero-order valence-corrected chi connectivity index (χ0v) is 10.1. The largest absolute Gasteiger partial charge is 0.233 e. The molecule has 0 aliphatic carbocycles.